The first-order valence-corrected chi connectivity index (χ1v) is 21.3. The Balaban J connectivity index is 3.72. The molecule has 300 valence electrons. The van der Waals surface area contributed by atoms with Crippen molar-refractivity contribution in [2.75, 3.05) is 13.2 Å². The molecule has 53 heavy (non-hydrogen) atoms. The van der Waals surface area contributed by atoms with Crippen LogP contribution in [0.5, 0.6) is 0 Å². The summed E-state index contributed by atoms with van der Waals surface area (Å²) >= 11 is 0. The molecule has 0 aliphatic heterocycles. The van der Waals surface area contributed by atoms with E-state index in [0.717, 1.165) is 77.0 Å². The van der Waals surface area contributed by atoms with Gasteiger partial charge in [-0.3, -0.25) is 9.59 Å². The number of aliphatic hydroxyl groups is 1. The zero-order valence-electron chi connectivity index (χ0n) is 34.0. The molecule has 0 fully saturated rings. The van der Waals surface area contributed by atoms with Crippen molar-refractivity contribution in [3.05, 3.63) is 97.2 Å². The van der Waals surface area contributed by atoms with Gasteiger partial charge in [0.15, 0.2) is 6.10 Å². The van der Waals surface area contributed by atoms with E-state index in [-0.39, 0.29) is 31.6 Å². The topological polar surface area (TPSA) is 72.8 Å². The molecule has 0 aromatic carbocycles. The second kappa shape index (κ2) is 43.2. The molecule has 0 spiro atoms. The summed E-state index contributed by atoms with van der Waals surface area (Å²) in [6.07, 6.45) is 60.5. The van der Waals surface area contributed by atoms with E-state index in [0.29, 0.717) is 12.8 Å². The summed E-state index contributed by atoms with van der Waals surface area (Å²) < 4.78 is 10.6. The van der Waals surface area contributed by atoms with Gasteiger partial charge in [-0.25, -0.2) is 0 Å². The quantitative estimate of drug-likeness (QED) is 0.0391. The van der Waals surface area contributed by atoms with Crippen molar-refractivity contribution in [2.24, 2.45) is 0 Å². The van der Waals surface area contributed by atoms with Gasteiger partial charge in [-0.2, -0.15) is 0 Å². The van der Waals surface area contributed by atoms with Crippen molar-refractivity contribution in [1.29, 1.82) is 0 Å². The van der Waals surface area contributed by atoms with Crippen molar-refractivity contribution in [1.82, 2.24) is 0 Å². The highest BCUT2D eigenvalue weighted by atomic mass is 16.6. The molecule has 5 heteroatoms. The fourth-order valence-corrected chi connectivity index (χ4v) is 5.42. The van der Waals surface area contributed by atoms with Gasteiger partial charge in [-0.15, -0.1) is 0 Å². The van der Waals surface area contributed by atoms with Crippen molar-refractivity contribution in [2.45, 2.75) is 180 Å². The molecule has 0 saturated heterocycles. The molecule has 0 bridgehead atoms. The van der Waals surface area contributed by atoms with Crippen LogP contribution >= 0.6 is 0 Å². The Bertz CT molecular complexity index is 1060. The molecule has 0 aliphatic carbocycles. The van der Waals surface area contributed by atoms with Crippen LogP contribution in [0.25, 0.3) is 0 Å². The maximum atomic E-state index is 12.2. The molecule has 1 unspecified atom stereocenters. The number of carbonyl (C=O) groups excluding carboxylic acids is 2. The number of ether oxygens (including phenoxy) is 2. The van der Waals surface area contributed by atoms with Gasteiger partial charge in [0, 0.05) is 12.8 Å². The van der Waals surface area contributed by atoms with E-state index in [9.17, 15) is 14.7 Å². The molecule has 0 aromatic heterocycles. The van der Waals surface area contributed by atoms with Crippen LogP contribution in [0.2, 0.25) is 0 Å². The molecule has 5 nitrogen and oxygen atoms in total. The van der Waals surface area contributed by atoms with Gasteiger partial charge in [0.2, 0.25) is 0 Å². The van der Waals surface area contributed by atoms with E-state index < -0.39 is 6.10 Å². The lowest BCUT2D eigenvalue weighted by atomic mass is 10.1. The summed E-state index contributed by atoms with van der Waals surface area (Å²) in [5.74, 6) is -0.678. The number of esters is 2. The van der Waals surface area contributed by atoms with Gasteiger partial charge in [0.1, 0.15) is 6.61 Å². The summed E-state index contributed by atoms with van der Waals surface area (Å²) in [7, 11) is 0. The average molecular weight is 735 g/mol. The number of aliphatic hydroxyl groups excluding tert-OH is 1. The van der Waals surface area contributed by atoms with E-state index in [2.05, 4.69) is 111 Å². The van der Waals surface area contributed by atoms with E-state index in [1.165, 1.54) is 64.2 Å². The van der Waals surface area contributed by atoms with Gasteiger partial charge in [0.25, 0.3) is 0 Å². The van der Waals surface area contributed by atoms with Crippen molar-refractivity contribution < 1.29 is 24.2 Å². The van der Waals surface area contributed by atoms with Crippen LogP contribution in [-0.4, -0.2) is 36.4 Å². The predicted molar refractivity (Wildman–Crippen MR) is 228 cm³/mol. The van der Waals surface area contributed by atoms with Gasteiger partial charge >= 0.3 is 11.9 Å². The van der Waals surface area contributed by atoms with Crippen LogP contribution in [0.3, 0.4) is 0 Å². The first-order chi connectivity index (χ1) is 26.1. The molecular formula is C48H78O5. The van der Waals surface area contributed by atoms with E-state index >= 15 is 0 Å². The molecule has 0 saturated carbocycles. The van der Waals surface area contributed by atoms with Crippen LogP contribution in [0, 0.1) is 0 Å². The minimum atomic E-state index is -0.811. The van der Waals surface area contributed by atoms with E-state index in [1.807, 2.05) is 0 Å². The fourth-order valence-electron chi connectivity index (χ4n) is 5.42. The summed E-state index contributed by atoms with van der Waals surface area (Å²) in [6, 6.07) is 0. The molecule has 1 atom stereocenters. The second-order valence-electron chi connectivity index (χ2n) is 13.7. The smallest absolute Gasteiger partial charge is 0.306 e. The van der Waals surface area contributed by atoms with Crippen molar-refractivity contribution in [3.63, 3.8) is 0 Å². The van der Waals surface area contributed by atoms with E-state index in [1.54, 1.807) is 0 Å². The Morgan fingerprint density at radius 3 is 1.30 bits per heavy atom. The first kappa shape index (κ1) is 49.8. The molecule has 0 aliphatic rings. The van der Waals surface area contributed by atoms with Gasteiger partial charge < -0.3 is 14.6 Å². The lowest BCUT2D eigenvalue weighted by molar-refractivity contribution is -0.161. The van der Waals surface area contributed by atoms with Gasteiger partial charge in [0.05, 0.1) is 6.61 Å². The highest BCUT2D eigenvalue weighted by Gasteiger charge is 2.15. The highest BCUT2D eigenvalue weighted by molar-refractivity contribution is 5.70. The number of allylic oxidation sites excluding steroid dienone is 16. The third-order valence-electron chi connectivity index (χ3n) is 8.61. The number of unbranched alkanes of at least 4 members (excludes halogenated alkanes) is 13. The summed E-state index contributed by atoms with van der Waals surface area (Å²) in [6.45, 7) is 3.95. The number of carbonyl (C=O) groups is 2. The molecule has 0 radical (unpaired) electrons. The van der Waals surface area contributed by atoms with Crippen molar-refractivity contribution >= 4 is 11.9 Å². The molecule has 0 rings (SSSR count). The monoisotopic (exact) mass is 735 g/mol. The molecule has 0 amide bonds. The van der Waals surface area contributed by atoms with E-state index in [4.69, 9.17) is 9.47 Å². The van der Waals surface area contributed by atoms with Crippen molar-refractivity contribution in [3.8, 4) is 0 Å². The zero-order chi connectivity index (χ0) is 38.6. The normalized spacial score (nSPS) is 13.2. The first-order valence-electron chi connectivity index (χ1n) is 21.3. The Kier molecular flexibility index (Phi) is 40.6. The maximum absolute atomic E-state index is 12.2. The van der Waals surface area contributed by atoms with Crippen LogP contribution in [0.1, 0.15) is 174 Å². The lowest BCUT2D eigenvalue weighted by Gasteiger charge is -2.15. The third-order valence-corrected chi connectivity index (χ3v) is 8.61. The average Bonchev–Trinajstić information content (AvgIpc) is 3.16. The van der Waals surface area contributed by atoms with Gasteiger partial charge in [-0.05, 0) is 89.9 Å². The summed E-state index contributed by atoms with van der Waals surface area (Å²) in [4.78, 5) is 24.3. The SMILES string of the molecule is CC/C=C\C/C=C\C/C=C\C/C=C\C/C=C\C/C=C\C/C=C\CCCC(=O)OC(CO)COC(=O)CCCCCCC/C=C\CCCCCCCCC. The zero-order valence-corrected chi connectivity index (χ0v) is 34.0. The molecule has 0 aromatic rings. The van der Waals surface area contributed by atoms with Gasteiger partial charge in [-0.1, -0.05) is 169 Å². The summed E-state index contributed by atoms with van der Waals surface area (Å²) in [5.41, 5.74) is 0. The Hall–Kier alpha value is -3.18. The fraction of sp³-hybridized carbons (Fsp3) is 0.625. The Labute approximate surface area is 326 Å². The van der Waals surface area contributed by atoms with Crippen LogP contribution in [-0.2, 0) is 19.1 Å². The second-order valence-corrected chi connectivity index (χ2v) is 13.7. The van der Waals surface area contributed by atoms with Crippen LogP contribution < -0.4 is 0 Å². The largest absolute Gasteiger partial charge is 0.462 e. The minimum absolute atomic E-state index is 0.0991. The molecule has 1 N–H and O–H groups in total. The standard InChI is InChI=1S/C48H78O5/c1-3-5-7-9-11-13-15-17-19-21-22-23-24-25-26-27-29-31-33-35-37-39-41-43-48(51)53-46(44-49)45-52-47(50)42-40-38-36-34-32-30-28-20-18-16-14-12-10-8-6-4-2/h5,7,11,13,17,19-20,22-23,25-26,28-29,31,35,37,46,49H,3-4,6,8-10,12,14-16,18,21,24,27,30,32-34,36,38-45H2,1-2H3/b7-5-,13-11-,19-17-,23-22-,26-25-,28-20-,31-29-,37-35-. The number of hydrogen-bond donors (Lipinski definition) is 1. The highest BCUT2D eigenvalue weighted by Crippen LogP contribution is 2.11. The molecular weight excluding hydrogens is 657 g/mol. The number of rotatable bonds is 37. The molecule has 0 heterocycles. The lowest BCUT2D eigenvalue weighted by Crippen LogP contribution is -2.28. The number of hydrogen-bond acceptors (Lipinski definition) is 5. The van der Waals surface area contributed by atoms with Crippen LogP contribution in [0.4, 0.5) is 0 Å². The Morgan fingerprint density at radius 2 is 0.830 bits per heavy atom. The van der Waals surface area contributed by atoms with Crippen LogP contribution in [0.15, 0.2) is 97.2 Å². The summed E-state index contributed by atoms with van der Waals surface area (Å²) in [5, 5.41) is 9.57. The maximum Gasteiger partial charge on any atom is 0.306 e. The third kappa shape index (κ3) is 41.4. The minimum Gasteiger partial charge on any atom is -0.462 e. The Morgan fingerprint density at radius 1 is 0.453 bits per heavy atom. The predicted octanol–water partition coefficient (Wildman–Crippen LogP) is 13.7.